The number of rotatable bonds is 48. The number of carbonyl (C=O) groups excluding carboxylic acids is 13. The Labute approximate surface area is 786 Å². The zero-order chi connectivity index (χ0) is 97.2. The Balaban J connectivity index is 0.805. The summed E-state index contributed by atoms with van der Waals surface area (Å²) in [6.07, 6.45) is 13.1. The summed E-state index contributed by atoms with van der Waals surface area (Å²) in [5.74, 6) is -10.5. The highest BCUT2D eigenvalue weighted by Gasteiger charge is 2.46. The molecule has 1 aliphatic carbocycles. The van der Waals surface area contributed by atoms with Gasteiger partial charge in [-0.1, -0.05) is 112 Å². The molecule has 5 aromatic carbocycles. The zero-order valence-corrected chi connectivity index (χ0v) is 76.4. The molecule has 6 heterocycles. The summed E-state index contributed by atoms with van der Waals surface area (Å²) in [6, 6.07) is 20.2. The van der Waals surface area contributed by atoms with Gasteiger partial charge in [0.15, 0.2) is 17.7 Å². The number of fused-ring (bicyclic) bond motifs is 4. The standard InChI is InChI=1S/C98H125FN24O13/c1-4-21-72(113-94(134)83(101)55(3)5-2)84(124)66-26-16-27-67(66)86(126)117-77(48-58-52-109-69-29-11-7-23-63(58)69)90(130)115-74(32-14-15-41-100)88(128)120-79(49-59-53-110-70-30-12-8-24-64(59)70)95(135)122-44-19-35-81(122)92(132)118-76(46-56-37-39-61(99)40-38-56)89(129)121-80(50-60-54-111-71-31-13-9-25-65(60)71)96(136)123-45-20-36-82(123)93(133)119-78(51-62-47-57-22-6-10-28-68(57)112-62)91(131)116-75(34-18-43-108-98(105)106)87(127)114-73(85(102)125)33-17-42-107-97(103)104/h1,6-13,22-25,28-31,37-40,47,52-55,66-67,72-83,109-112H,5,14-21,26-27,32-36,41-46,48-51,100-101H2,2-3H3,(H2,102,125)(H,113,134)(H,114,127)(H,115,130)(H,116,131)(H,117,126)(H,118,132)(H,119,133)(H,120,128)(H,121,129)(H4,103,104,107)(H4,105,106,108)/t55-,66?,67+,72-,73-,74-,75-,76-,77-,78-,79-,80-,81-,82-,83-/m0/s1. The zero-order valence-electron chi connectivity index (χ0n) is 76.4. The quantitative estimate of drug-likeness (QED) is 0.0113. The van der Waals surface area contributed by atoms with Crippen LogP contribution in [0.2, 0.25) is 0 Å². The molecule has 9 aromatic rings. The van der Waals surface area contributed by atoms with Crippen LogP contribution >= 0.6 is 0 Å². The molecular formula is C98H125FN24O13. The molecule has 15 atom stereocenters. The second-order valence-electron chi connectivity index (χ2n) is 35.6. The molecule has 0 spiro atoms. The number of nitrogens with one attached hydrogen (secondary N) is 17. The van der Waals surface area contributed by atoms with Gasteiger partial charge in [0.2, 0.25) is 70.9 Å². The van der Waals surface area contributed by atoms with Gasteiger partial charge < -0.3 is 117 Å². The SMILES string of the molecule is C#CC[C@H](NC(=O)[C@@H](N)[C@@H](C)CC)C(=O)C1CCC[C@H]1C(=O)N[C@@H](Cc1c[nH]c2ccccc12)C(=O)N[C@@H](CCCCN)C(=O)N[C@@H](Cc1c[nH]c2ccccc12)C(=O)N1CCC[C@H]1C(=O)N[C@@H](Cc1ccc(F)cc1)C(=O)N[C@@H](Cc1c[nH]c2ccccc12)C(=O)N1CCC[C@H]1C(=O)N[C@@H](Cc1cc2ccccc2[nH]1)C(=O)N[C@@H](CCCNC(=N)N)C(=O)N[C@@H](CCCNC(=N)N)C(N)=O. The minimum absolute atomic E-state index is 0.00791. The van der Waals surface area contributed by atoms with Crippen LogP contribution in [0, 0.1) is 46.7 Å². The van der Waals surface area contributed by atoms with Gasteiger partial charge in [-0.25, -0.2) is 4.39 Å². The third-order valence-electron chi connectivity index (χ3n) is 26.1. The third kappa shape index (κ3) is 26.3. The lowest BCUT2D eigenvalue weighted by atomic mass is 9.86. The number of amides is 12. The number of hydrogen-bond donors (Lipinski definition) is 22. The maximum absolute atomic E-state index is 16.0. The fourth-order valence-corrected chi connectivity index (χ4v) is 18.5. The number of ketones is 1. The number of likely N-dealkylation sites (tertiary alicyclic amines) is 2. The summed E-state index contributed by atoms with van der Waals surface area (Å²) in [6.45, 7) is 4.16. The highest BCUT2D eigenvalue weighted by atomic mass is 19.1. The van der Waals surface area contributed by atoms with E-state index >= 15 is 38.4 Å². The van der Waals surface area contributed by atoms with Crippen LogP contribution in [0.5, 0.6) is 0 Å². The minimum atomic E-state index is -1.57. The van der Waals surface area contributed by atoms with Crippen molar-refractivity contribution in [2.24, 2.45) is 46.4 Å². The summed E-state index contributed by atoms with van der Waals surface area (Å²) in [5.41, 5.74) is 34.7. The number of benzene rings is 5. The van der Waals surface area contributed by atoms with Crippen LogP contribution in [-0.4, -0.2) is 224 Å². The Kier molecular flexibility index (Phi) is 35.4. The fourth-order valence-electron chi connectivity index (χ4n) is 18.5. The number of halogens is 1. The van der Waals surface area contributed by atoms with E-state index in [1.807, 2.05) is 105 Å². The average Bonchev–Trinajstić information content (AvgIpc) is 1.58. The lowest BCUT2D eigenvalue weighted by molar-refractivity contribution is -0.143. The van der Waals surface area contributed by atoms with Gasteiger partial charge in [0.1, 0.15) is 66.2 Å². The average molecular weight is 1870 g/mol. The molecule has 27 N–H and O–H groups in total. The van der Waals surface area contributed by atoms with E-state index in [0.717, 1.165) is 16.3 Å². The molecule has 722 valence electrons. The first-order valence-electron chi connectivity index (χ1n) is 46.7. The predicted molar refractivity (Wildman–Crippen MR) is 512 cm³/mol. The van der Waals surface area contributed by atoms with E-state index in [1.54, 1.807) is 30.7 Å². The van der Waals surface area contributed by atoms with E-state index in [0.29, 0.717) is 81.0 Å². The largest absolute Gasteiger partial charge is 0.370 e. The van der Waals surface area contributed by atoms with Crippen molar-refractivity contribution >= 4 is 132 Å². The van der Waals surface area contributed by atoms with E-state index < -0.39 is 167 Å². The first kappa shape index (κ1) is 101. The maximum atomic E-state index is 16.0. The maximum Gasteiger partial charge on any atom is 0.246 e. The van der Waals surface area contributed by atoms with Gasteiger partial charge in [-0.2, -0.15) is 0 Å². The van der Waals surface area contributed by atoms with Crippen molar-refractivity contribution in [3.63, 3.8) is 0 Å². The number of unbranched alkanes of at least 4 members (excludes halogenated alkanes) is 1. The molecule has 3 aliphatic rings. The number of carbonyl (C=O) groups is 13. The number of Topliss-reactive ketones (excluding diaryl/α,β-unsaturated/α-hetero) is 1. The first-order valence-corrected chi connectivity index (χ1v) is 46.7. The van der Waals surface area contributed by atoms with Gasteiger partial charge in [-0.05, 0) is 166 Å². The molecule has 1 unspecified atom stereocenters. The summed E-state index contributed by atoms with van der Waals surface area (Å²) in [5, 5.41) is 49.3. The molecule has 37 nitrogen and oxygen atoms in total. The van der Waals surface area contributed by atoms with Crippen molar-refractivity contribution in [1.29, 1.82) is 10.8 Å². The Morgan fingerprint density at radius 2 is 0.890 bits per heavy atom. The van der Waals surface area contributed by atoms with Crippen molar-refractivity contribution in [1.82, 2.24) is 88.2 Å². The fraction of sp³-hybridized carbons (Fsp3) is 0.439. The van der Waals surface area contributed by atoms with Crippen LogP contribution < -0.4 is 87.2 Å². The number of para-hydroxylation sites is 4. The normalized spacial score (nSPS) is 17.7. The van der Waals surface area contributed by atoms with E-state index in [2.05, 4.69) is 84.3 Å². The van der Waals surface area contributed by atoms with Gasteiger partial charge in [0, 0.05) is 139 Å². The van der Waals surface area contributed by atoms with Crippen molar-refractivity contribution < 1.29 is 66.7 Å². The van der Waals surface area contributed by atoms with Crippen molar-refractivity contribution in [3.05, 3.63) is 180 Å². The van der Waals surface area contributed by atoms with E-state index in [-0.39, 0.29) is 160 Å². The molecule has 0 radical (unpaired) electrons. The summed E-state index contributed by atoms with van der Waals surface area (Å²) < 4.78 is 14.9. The highest BCUT2D eigenvalue weighted by Crippen LogP contribution is 2.35. The lowest BCUT2D eigenvalue weighted by Gasteiger charge is -2.32. The first-order chi connectivity index (χ1) is 65.5. The Hall–Kier alpha value is -14.5. The van der Waals surface area contributed by atoms with Gasteiger partial charge >= 0.3 is 0 Å². The summed E-state index contributed by atoms with van der Waals surface area (Å²) in [7, 11) is 0. The molecule has 136 heavy (non-hydrogen) atoms. The molecule has 38 heteroatoms. The molecule has 12 amide bonds. The molecule has 2 aliphatic heterocycles. The third-order valence-corrected chi connectivity index (χ3v) is 26.1. The Morgan fingerprint density at radius 1 is 0.471 bits per heavy atom. The van der Waals surface area contributed by atoms with Gasteiger partial charge in [-0.15, -0.1) is 12.3 Å². The number of hydrogen-bond acceptors (Lipinski definition) is 17. The van der Waals surface area contributed by atoms with Gasteiger partial charge in [0.25, 0.3) is 0 Å². The number of aromatic amines is 4. The second-order valence-corrected chi connectivity index (χ2v) is 35.6. The summed E-state index contributed by atoms with van der Waals surface area (Å²) >= 11 is 0. The summed E-state index contributed by atoms with van der Waals surface area (Å²) in [4.78, 5) is 210. The van der Waals surface area contributed by atoms with Gasteiger partial charge in [-0.3, -0.25) is 73.1 Å². The van der Waals surface area contributed by atoms with Crippen LogP contribution in [0.4, 0.5) is 4.39 Å². The highest BCUT2D eigenvalue weighted by molar-refractivity contribution is 6.02. The van der Waals surface area contributed by atoms with Crippen LogP contribution in [0.25, 0.3) is 43.6 Å². The molecular weight excluding hydrogens is 1740 g/mol. The number of nitrogens with zero attached hydrogens (tertiary/aromatic N) is 2. The number of primary amides is 1. The molecule has 3 fully saturated rings. The van der Waals surface area contributed by atoms with Gasteiger partial charge in [0.05, 0.1) is 12.1 Å². The number of aromatic nitrogens is 4. The number of nitrogens with two attached hydrogens (primary N) is 5. The molecule has 4 aromatic heterocycles. The number of H-pyrrole nitrogens is 4. The lowest BCUT2D eigenvalue weighted by Crippen LogP contribution is -2.61. The monoisotopic (exact) mass is 1860 g/mol. The van der Waals surface area contributed by atoms with Crippen LogP contribution in [0.1, 0.15) is 145 Å². The van der Waals surface area contributed by atoms with E-state index in [1.165, 1.54) is 34.1 Å². The van der Waals surface area contributed by atoms with Crippen LogP contribution in [-0.2, 0) is 94.4 Å². The molecule has 12 rings (SSSR count). The van der Waals surface area contributed by atoms with Crippen LogP contribution in [0.15, 0.2) is 146 Å². The molecule has 2 saturated heterocycles. The molecule has 0 bridgehead atoms. The van der Waals surface area contributed by atoms with Crippen molar-refractivity contribution in [3.8, 4) is 12.3 Å². The Bertz CT molecular complexity index is 5810. The molecule has 1 saturated carbocycles. The number of terminal acetylenes is 1. The Morgan fingerprint density at radius 3 is 1.37 bits per heavy atom. The number of guanidine groups is 2. The predicted octanol–water partition coefficient (Wildman–Crippen LogP) is 3.13. The second kappa shape index (κ2) is 47.9. The van der Waals surface area contributed by atoms with E-state index in [9.17, 15) is 28.4 Å². The topological polar surface area (TPSA) is 602 Å². The minimum Gasteiger partial charge on any atom is -0.370 e. The van der Waals surface area contributed by atoms with Crippen molar-refractivity contribution in [2.45, 2.75) is 221 Å². The van der Waals surface area contributed by atoms with Crippen molar-refractivity contribution in [2.75, 3.05) is 32.7 Å². The van der Waals surface area contributed by atoms with E-state index in [4.69, 9.17) is 45.9 Å². The van der Waals surface area contributed by atoms with Crippen LogP contribution in [0.3, 0.4) is 0 Å². The smallest absolute Gasteiger partial charge is 0.246 e.